The minimum atomic E-state index is -0.337. The van der Waals surface area contributed by atoms with Gasteiger partial charge in [-0.2, -0.15) is 0 Å². The Morgan fingerprint density at radius 2 is 1.53 bits per heavy atom. The van der Waals surface area contributed by atoms with E-state index in [-0.39, 0.29) is 47.9 Å². The van der Waals surface area contributed by atoms with E-state index >= 15 is 0 Å². The second-order valence-electron chi connectivity index (χ2n) is 15.6. The maximum absolute atomic E-state index is 12.2. The average molecular weight is 866 g/mol. The van der Waals surface area contributed by atoms with Crippen LogP contribution in [0.1, 0.15) is 113 Å². The number of carbonyl (C=O) groups is 1. The number of ketones is 1. The van der Waals surface area contributed by atoms with Gasteiger partial charge in [0.1, 0.15) is 11.5 Å². The van der Waals surface area contributed by atoms with Crippen LogP contribution in [0.5, 0.6) is 0 Å². The number of furan rings is 1. The number of benzene rings is 2. The summed E-state index contributed by atoms with van der Waals surface area (Å²) in [5.74, 6) is 0.845. The average Bonchev–Trinajstić information content (AvgIpc) is 3.61. The quantitative estimate of drug-likeness (QED) is 0.0813. The smallest absolute Gasteiger partial charge is 0.164 e. The monoisotopic (exact) mass is 866 g/mol. The number of nitrogens with zero attached hydrogens (tertiary/aromatic N) is 2. The zero-order valence-corrected chi connectivity index (χ0v) is 34.9. The summed E-state index contributed by atoms with van der Waals surface area (Å²) in [7, 11) is 0. The van der Waals surface area contributed by atoms with Crippen LogP contribution >= 0.6 is 0 Å². The first kappa shape index (κ1) is 41.8. The van der Waals surface area contributed by atoms with Gasteiger partial charge in [-0.15, -0.1) is 29.1 Å². The largest absolute Gasteiger partial charge is 0.512 e. The molecule has 0 spiro atoms. The summed E-state index contributed by atoms with van der Waals surface area (Å²) >= 11 is 0. The molecule has 0 aliphatic heterocycles. The summed E-state index contributed by atoms with van der Waals surface area (Å²) in [6, 6.07) is 20.4. The van der Waals surface area contributed by atoms with Crippen LogP contribution in [0.25, 0.3) is 44.3 Å². The fourth-order valence-corrected chi connectivity index (χ4v) is 6.22. The van der Waals surface area contributed by atoms with Crippen molar-refractivity contribution in [3.05, 3.63) is 96.2 Å². The van der Waals surface area contributed by atoms with Gasteiger partial charge in [0, 0.05) is 66.0 Å². The number of aliphatic hydroxyl groups excluding tert-OH is 1. The maximum Gasteiger partial charge on any atom is 0.164 e. The fraction of sp³-hybridized carbons (Fsp3) is 0.444. The van der Waals surface area contributed by atoms with Crippen LogP contribution in [0.3, 0.4) is 0 Å². The van der Waals surface area contributed by atoms with Crippen molar-refractivity contribution in [1.29, 1.82) is 0 Å². The van der Waals surface area contributed by atoms with Crippen molar-refractivity contribution in [3.8, 4) is 22.5 Å². The maximum atomic E-state index is 12.2. The molecule has 3 heterocycles. The van der Waals surface area contributed by atoms with E-state index in [1.54, 1.807) is 6.26 Å². The van der Waals surface area contributed by atoms with Crippen molar-refractivity contribution < 1.29 is 34.4 Å². The number of rotatable bonds is 11. The third-order valence-electron chi connectivity index (χ3n) is 10.7. The van der Waals surface area contributed by atoms with Gasteiger partial charge >= 0.3 is 0 Å². The third kappa shape index (κ3) is 9.45. The Morgan fingerprint density at radius 3 is 2.14 bits per heavy atom. The first-order chi connectivity index (χ1) is 23.6. The Balaban J connectivity index is 0.000000335. The molecule has 51 heavy (non-hydrogen) atoms. The molecule has 5 nitrogen and oxygen atoms in total. The summed E-state index contributed by atoms with van der Waals surface area (Å²) in [5, 5.41) is 13.6. The molecule has 5 aromatic rings. The summed E-state index contributed by atoms with van der Waals surface area (Å²) in [5.41, 5.74) is 6.49. The molecular formula is C45H57IrN2O3-. The topological polar surface area (TPSA) is 76.2 Å². The van der Waals surface area contributed by atoms with Gasteiger partial charge in [-0.3, -0.25) is 14.8 Å². The second-order valence-corrected chi connectivity index (χ2v) is 15.6. The van der Waals surface area contributed by atoms with Gasteiger partial charge < -0.3 is 9.52 Å². The Morgan fingerprint density at radius 1 is 0.882 bits per heavy atom. The Kier molecular flexibility index (Phi) is 14.2. The van der Waals surface area contributed by atoms with Crippen LogP contribution in [0.15, 0.2) is 83.4 Å². The molecular weight excluding hydrogens is 809 g/mol. The summed E-state index contributed by atoms with van der Waals surface area (Å²) in [6.07, 6.45) is 11.3. The molecule has 0 aliphatic carbocycles. The second kappa shape index (κ2) is 17.3. The molecule has 0 saturated carbocycles. The van der Waals surface area contributed by atoms with Crippen molar-refractivity contribution in [2.45, 2.75) is 114 Å². The number of pyridine rings is 2. The Hall–Kier alpha value is -3.60. The molecule has 0 bridgehead atoms. The van der Waals surface area contributed by atoms with E-state index in [9.17, 15) is 9.90 Å². The zero-order chi connectivity index (χ0) is 36.9. The minimum Gasteiger partial charge on any atom is -0.512 e. The van der Waals surface area contributed by atoms with Gasteiger partial charge in [0.15, 0.2) is 11.4 Å². The number of hydrogen-bond acceptors (Lipinski definition) is 5. The minimum absolute atomic E-state index is 0. The van der Waals surface area contributed by atoms with Gasteiger partial charge in [-0.05, 0) is 61.1 Å². The number of aromatic nitrogens is 2. The number of allylic oxidation sites excluding steroid dienone is 2. The van der Waals surface area contributed by atoms with Crippen LogP contribution in [0, 0.1) is 22.8 Å². The predicted molar refractivity (Wildman–Crippen MR) is 209 cm³/mol. The molecule has 1 radical (unpaired) electrons. The summed E-state index contributed by atoms with van der Waals surface area (Å²) < 4.78 is 5.90. The molecule has 2 aromatic carbocycles. The molecule has 5 rings (SSSR count). The van der Waals surface area contributed by atoms with E-state index in [1.165, 1.54) is 22.6 Å². The van der Waals surface area contributed by atoms with Crippen molar-refractivity contribution in [3.63, 3.8) is 0 Å². The number of hydrogen-bond donors (Lipinski definition) is 1. The summed E-state index contributed by atoms with van der Waals surface area (Å²) in [4.78, 5) is 21.7. The molecule has 1 N–H and O–H groups in total. The van der Waals surface area contributed by atoms with Gasteiger partial charge in [-0.25, -0.2) is 0 Å². The first-order valence-corrected chi connectivity index (χ1v) is 18.3. The van der Waals surface area contributed by atoms with E-state index < -0.39 is 0 Å². The molecule has 0 unspecified atom stereocenters. The Labute approximate surface area is 319 Å². The van der Waals surface area contributed by atoms with E-state index in [1.807, 2.05) is 66.1 Å². The predicted octanol–water partition coefficient (Wildman–Crippen LogP) is 12.7. The number of fused-ring (bicyclic) bond motifs is 2. The molecule has 6 heteroatoms. The van der Waals surface area contributed by atoms with Crippen LogP contribution in [-0.2, 0) is 36.7 Å². The third-order valence-corrected chi connectivity index (χ3v) is 10.7. The number of aliphatic hydroxyl groups is 1. The van der Waals surface area contributed by atoms with Crippen molar-refractivity contribution in [2.75, 3.05) is 0 Å². The van der Waals surface area contributed by atoms with E-state index in [4.69, 9.17) is 14.4 Å². The van der Waals surface area contributed by atoms with Crippen molar-refractivity contribution in [2.24, 2.45) is 16.7 Å². The molecule has 0 atom stereocenters. The molecule has 0 saturated heterocycles. The SMILES string of the molecule is CC(C)Cc1cnc(-c2ccnc(-c3[c-]c4ccccc4c(C(C)(C)C)c3)c2)c2occc12.CCC(C)(CC)C(=O)/C=C(\O)C(C)(CC)CC.[Ir]. The van der Waals surface area contributed by atoms with Crippen LogP contribution < -0.4 is 0 Å². The zero-order valence-electron chi connectivity index (χ0n) is 32.5. The molecule has 275 valence electrons. The van der Waals surface area contributed by atoms with Crippen LogP contribution in [-0.4, -0.2) is 20.9 Å². The normalized spacial score (nSPS) is 12.5. The van der Waals surface area contributed by atoms with Gasteiger partial charge in [0.05, 0.1) is 6.26 Å². The number of carbonyl (C=O) groups excluding carboxylic acids is 1. The van der Waals surface area contributed by atoms with E-state index in [0.717, 1.165) is 71.0 Å². The first-order valence-electron chi connectivity index (χ1n) is 18.3. The van der Waals surface area contributed by atoms with Gasteiger partial charge in [-0.1, -0.05) is 111 Å². The van der Waals surface area contributed by atoms with Crippen molar-refractivity contribution >= 4 is 27.5 Å². The van der Waals surface area contributed by atoms with E-state index in [0.29, 0.717) is 5.92 Å². The fourth-order valence-electron chi connectivity index (χ4n) is 6.22. The van der Waals surface area contributed by atoms with E-state index in [2.05, 4.69) is 77.1 Å². The van der Waals surface area contributed by atoms with Crippen LogP contribution in [0.2, 0.25) is 0 Å². The molecule has 3 aromatic heterocycles. The standard InChI is InChI=1S/C30H29N2O.C15H28O2.Ir/c1-19(2)14-23-18-32-28(29-25(23)11-13-33-29)21-10-12-31-27(17-21)22-15-20-8-6-7-9-24(20)26(16-22)30(3,4)5;1-7-14(5,8-2)12(16)11-13(17)15(6,9-3)10-4;/h6-13,16-19H,14H2,1-5H3;11,16H,7-10H2,1-6H3;/q-1;;/b;12-11-;. The summed E-state index contributed by atoms with van der Waals surface area (Å²) in [6.45, 7) is 23.3. The molecule has 0 aliphatic rings. The van der Waals surface area contributed by atoms with Gasteiger partial charge in [0.25, 0.3) is 0 Å². The molecule has 0 amide bonds. The Bertz CT molecular complexity index is 1960. The van der Waals surface area contributed by atoms with Crippen molar-refractivity contribution in [1.82, 2.24) is 9.97 Å². The van der Waals surface area contributed by atoms with Crippen LogP contribution in [0.4, 0.5) is 0 Å². The molecule has 0 fully saturated rings. The van der Waals surface area contributed by atoms with Gasteiger partial charge in [0.2, 0.25) is 0 Å².